The molecular weight excluding hydrogens is 369 g/mol. The molecule has 0 unspecified atom stereocenters. The zero-order valence-corrected chi connectivity index (χ0v) is 14.3. The van der Waals surface area contributed by atoms with Crippen molar-refractivity contribution in [3.63, 3.8) is 0 Å². The fourth-order valence-corrected chi connectivity index (χ4v) is 5.12. The average molecular weight is 382 g/mol. The van der Waals surface area contributed by atoms with Crippen LogP contribution in [0.1, 0.15) is 23.2 Å². The molecule has 1 atom stereocenters. The summed E-state index contributed by atoms with van der Waals surface area (Å²) in [6.07, 6.45) is 0.586. The summed E-state index contributed by atoms with van der Waals surface area (Å²) in [7, 11) is -3.22. The van der Waals surface area contributed by atoms with Crippen molar-refractivity contribution in [2.45, 2.75) is 23.8 Å². The highest BCUT2D eigenvalue weighted by Crippen LogP contribution is 2.35. The highest BCUT2D eigenvalue weighted by atomic mass is 35.5. The molecule has 7 nitrogen and oxygen atoms in total. The van der Waals surface area contributed by atoms with Crippen LogP contribution in [-0.4, -0.2) is 49.5 Å². The summed E-state index contributed by atoms with van der Waals surface area (Å²) in [4.78, 5) is 22.6. The van der Waals surface area contributed by atoms with Gasteiger partial charge in [0.15, 0.2) is 0 Å². The molecule has 1 aliphatic rings. The number of sulfonamides is 1. The SMILES string of the molecule is COC(=O)c1cc(Cl)cc(Cl)c1S(=O)(=O)N1CCC[C@H]1C(=O)O. The maximum Gasteiger partial charge on any atom is 0.339 e. The minimum Gasteiger partial charge on any atom is -0.480 e. The first kappa shape index (κ1) is 18.0. The van der Waals surface area contributed by atoms with E-state index < -0.39 is 32.9 Å². The summed E-state index contributed by atoms with van der Waals surface area (Å²) in [5, 5.41) is 8.97. The van der Waals surface area contributed by atoms with Crippen molar-refractivity contribution in [3.8, 4) is 0 Å². The average Bonchev–Trinajstić information content (AvgIpc) is 2.95. The fraction of sp³-hybridized carbons (Fsp3) is 0.385. The number of carboxylic acids is 1. The first-order valence-corrected chi connectivity index (χ1v) is 8.71. The van der Waals surface area contributed by atoms with E-state index in [-0.39, 0.29) is 28.6 Å². The molecular formula is C13H13Cl2NO6S. The molecule has 1 aromatic rings. The van der Waals surface area contributed by atoms with E-state index in [0.29, 0.717) is 6.42 Å². The summed E-state index contributed by atoms with van der Waals surface area (Å²) < 4.78 is 31.1. The Balaban J connectivity index is 2.64. The Kier molecular flexibility index (Phi) is 5.20. The topological polar surface area (TPSA) is 101 Å². The molecule has 126 valence electrons. The van der Waals surface area contributed by atoms with Crippen molar-refractivity contribution < 1.29 is 27.9 Å². The van der Waals surface area contributed by atoms with Crippen molar-refractivity contribution in [1.29, 1.82) is 0 Å². The van der Waals surface area contributed by atoms with Gasteiger partial charge in [0.2, 0.25) is 10.0 Å². The van der Waals surface area contributed by atoms with Crippen LogP contribution in [0.25, 0.3) is 0 Å². The molecule has 1 saturated heterocycles. The zero-order valence-electron chi connectivity index (χ0n) is 12.0. The Bertz CT molecular complexity index is 764. The molecule has 2 rings (SSSR count). The van der Waals surface area contributed by atoms with E-state index >= 15 is 0 Å². The van der Waals surface area contributed by atoms with Crippen LogP contribution in [0.3, 0.4) is 0 Å². The molecule has 0 bridgehead atoms. The van der Waals surface area contributed by atoms with Crippen molar-refractivity contribution in [2.24, 2.45) is 0 Å². The first-order chi connectivity index (χ1) is 10.7. The highest BCUT2D eigenvalue weighted by molar-refractivity contribution is 7.89. The van der Waals surface area contributed by atoms with Gasteiger partial charge in [0.05, 0.1) is 17.7 Å². The predicted molar refractivity (Wildman–Crippen MR) is 82.4 cm³/mol. The smallest absolute Gasteiger partial charge is 0.339 e. The van der Waals surface area contributed by atoms with Gasteiger partial charge in [-0.15, -0.1) is 0 Å². The lowest BCUT2D eigenvalue weighted by Crippen LogP contribution is -2.41. The van der Waals surface area contributed by atoms with Crippen LogP contribution in [0, 0.1) is 0 Å². The van der Waals surface area contributed by atoms with Gasteiger partial charge in [0.1, 0.15) is 10.9 Å². The Morgan fingerprint density at radius 3 is 2.57 bits per heavy atom. The molecule has 1 heterocycles. The van der Waals surface area contributed by atoms with Crippen LogP contribution in [0.15, 0.2) is 17.0 Å². The number of methoxy groups -OCH3 is 1. The van der Waals surface area contributed by atoms with E-state index in [1.54, 1.807) is 0 Å². The minimum absolute atomic E-state index is 0.0267. The van der Waals surface area contributed by atoms with Gasteiger partial charge < -0.3 is 9.84 Å². The molecule has 1 aliphatic heterocycles. The van der Waals surface area contributed by atoms with Gasteiger partial charge in [-0.05, 0) is 25.0 Å². The van der Waals surface area contributed by atoms with Crippen LogP contribution >= 0.6 is 23.2 Å². The third-order valence-corrected chi connectivity index (χ3v) is 6.11. The molecule has 1 fully saturated rings. The summed E-state index contributed by atoms with van der Waals surface area (Å²) >= 11 is 11.8. The number of carbonyl (C=O) groups excluding carboxylic acids is 1. The number of rotatable bonds is 4. The van der Waals surface area contributed by atoms with Crippen LogP contribution in [0.2, 0.25) is 10.0 Å². The molecule has 0 spiro atoms. The van der Waals surface area contributed by atoms with Gasteiger partial charge >= 0.3 is 11.9 Å². The standard InChI is InChI=1S/C13H13Cl2NO6S/c1-22-13(19)8-5-7(14)6-9(15)11(8)23(20,21)16-4-2-3-10(16)12(17)18/h5-6,10H,2-4H2,1H3,(H,17,18)/t10-/m0/s1. The summed E-state index contributed by atoms with van der Waals surface area (Å²) in [5.74, 6) is -2.19. The molecule has 10 heteroatoms. The third kappa shape index (κ3) is 3.30. The van der Waals surface area contributed by atoms with E-state index in [1.165, 1.54) is 6.07 Å². The van der Waals surface area contributed by atoms with Crippen molar-refractivity contribution in [2.75, 3.05) is 13.7 Å². The van der Waals surface area contributed by atoms with Gasteiger partial charge in [0.25, 0.3) is 0 Å². The summed E-state index contributed by atoms with van der Waals surface area (Å²) in [6, 6.07) is 1.10. The van der Waals surface area contributed by atoms with Gasteiger partial charge in [-0.1, -0.05) is 23.2 Å². The number of benzene rings is 1. The lowest BCUT2D eigenvalue weighted by atomic mass is 10.2. The second-order valence-corrected chi connectivity index (χ2v) is 7.54. The number of halogens is 2. The number of nitrogens with zero attached hydrogens (tertiary/aromatic N) is 1. The number of aliphatic carboxylic acids is 1. The Morgan fingerprint density at radius 2 is 2.00 bits per heavy atom. The number of ether oxygens (including phenoxy) is 1. The third-order valence-electron chi connectivity index (χ3n) is 3.47. The van der Waals surface area contributed by atoms with Crippen molar-refractivity contribution in [1.82, 2.24) is 4.31 Å². The van der Waals surface area contributed by atoms with Gasteiger partial charge in [-0.2, -0.15) is 4.31 Å². The number of esters is 1. The normalized spacial score (nSPS) is 18.8. The predicted octanol–water partition coefficient (Wildman–Crippen LogP) is 2.02. The Labute approximate surface area is 142 Å². The van der Waals surface area contributed by atoms with E-state index in [9.17, 15) is 23.1 Å². The lowest BCUT2D eigenvalue weighted by molar-refractivity contribution is -0.140. The van der Waals surface area contributed by atoms with Gasteiger partial charge in [0, 0.05) is 11.6 Å². The van der Waals surface area contributed by atoms with Crippen molar-refractivity contribution in [3.05, 3.63) is 27.7 Å². The first-order valence-electron chi connectivity index (χ1n) is 6.52. The molecule has 0 radical (unpaired) electrons. The maximum absolute atomic E-state index is 12.8. The van der Waals surface area contributed by atoms with Crippen LogP contribution < -0.4 is 0 Å². The molecule has 0 aliphatic carbocycles. The number of hydrogen-bond donors (Lipinski definition) is 1. The summed E-state index contributed by atoms with van der Waals surface area (Å²) in [6.45, 7) is 0.0267. The molecule has 0 saturated carbocycles. The van der Waals surface area contributed by atoms with Gasteiger partial charge in [-0.25, -0.2) is 13.2 Å². The van der Waals surface area contributed by atoms with E-state index in [2.05, 4.69) is 4.74 Å². The number of carbonyl (C=O) groups is 2. The monoisotopic (exact) mass is 381 g/mol. The summed E-state index contributed by atoms with van der Waals surface area (Å²) in [5.41, 5.74) is -0.332. The maximum atomic E-state index is 12.8. The molecule has 23 heavy (non-hydrogen) atoms. The van der Waals surface area contributed by atoms with E-state index in [0.717, 1.165) is 17.5 Å². The van der Waals surface area contributed by atoms with E-state index in [4.69, 9.17) is 23.2 Å². The largest absolute Gasteiger partial charge is 0.480 e. The Hall–Kier alpha value is -1.35. The number of carboxylic acid groups (broad SMARTS) is 1. The molecule has 1 N–H and O–H groups in total. The lowest BCUT2D eigenvalue weighted by Gasteiger charge is -2.22. The van der Waals surface area contributed by atoms with Crippen LogP contribution in [0.5, 0.6) is 0 Å². The minimum atomic E-state index is -4.31. The second kappa shape index (κ2) is 6.64. The number of hydrogen-bond acceptors (Lipinski definition) is 5. The van der Waals surface area contributed by atoms with Gasteiger partial charge in [-0.3, -0.25) is 4.79 Å². The molecule has 0 aromatic heterocycles. The quantitative estimate of drug-likeness (QED) is 0.800. The van der Waals surface area contributed by atoms with Crippen LogP contribution in [-0.2, 0) is 19.6 Å². The van der Waals surface area contributed by atoms with Crippen molar-refractivity contribution >= 4 is 45.2 Å². The molecule has 1 aromatic carbocycles. The van der Waals surface area contributed by atoms with E-state index in [1.807, 2.05) is 0 Å². The van der Waals surface area contributed by atoms with Crippen LogP contribution in [0.4, 0.5) is 0 Å². The second-order valence-electron chi connectivity index (χ2n) is 4.87. The fourth-order valence-electron chi connectivity index (χ4n) is 2.48. The zero-order chi connectivity index (χ0) is 17.4. The Morgan fingerprint density at radius 1 is 1.35 bits per heavy atom. The molecule has 0 amide bonds. The highest BCUT2D eigenvalue weighted by Gasteiger charge is 2.42.